The number of rotatable bonds is 6. The van der Waals surface area contributed by atoms with Crippen LogP contribution in [0.4, 0.5) is 0 Å². The second kappa shape index (κ2) is 7.11. The molecule has 0 aromatic rings. The molecule has 0 spiro atoms. The number of sulfonamides is 1. The van der Waals surface area contributed by atoms with E-state index >= 15 is 0 Å². The predicted molar refractivity (Wildman–Crippen MR) is 81.2 cm³/mol. The third-order valence-corrected chi connectivity index (χ3v) is 5.61. The van der Waals surface area contributed by atoms with Gasteiger partial charge in [0.1, 0.15) is 0 Å². The van der Waals surface area contributed by atoms with Crippen LogP contribution in [0.3, 0.4) is 0 Å². The summed E-state index contributed by atoms with van der Waals surface area (Å²) in [6.45, 7) is 2.69. The Bertz CT molecular complexity index is 429. The topological polar surface area (TPSA) is 86.7 Å². The number of aliphatic hydroxyl groups is 1. The first-order chi connectivity index (χ1) is 9.15. The molecule has 0 bridgehead atoms. The van der Waals surface area contributed by atoms with Gasteiger partial charge in [0.25, 0.3) is 0 Å². The minimum Gasteiger partial charge on any atom is -0.387 e. The van der Waals surface area contributed by atoms with Crippen LogP contribution >= 0.6 is 11.8 Å². The van der Waals surface area contributed by atoms with Gasteiger partial charge in [-0.3, -0.25) is 4.79 Å². The molecule has 1 heterocycles. The maximum absolute atomic E-state index is 12.0. The van der Waals surface area contributed by atoms with E-state index in [1.54, 1.807) is 6.92 Å². The Kier molecular flexibility index (Phi) is 6.30. The molecule has 1 rings (SSSR count). The van der Waals surface area contributed by atoms with Gasteiger partial charge in [0.05, 0.1) is 11.9 Å². The Morgan fingerprint density at radius 3 is 2.45 bits per heavy atom. The van der Waals surface area contributed by atoms with Crippen LogP contribution in [-0.2, 0) is 14.8 Å². The highest BCUT2D eigenvalue weighted by Gasteiger charge is 2.30. The molecule has 118 valence electrons. The van der Waals surface area contributed by atoms with Crippen molar-refractivity contribution in [1.29, 1.82) is 0 Å². The molecule has 1 saturated heterocycles. The highest BCUT2D eigenvalue weighted by atomic mass is 32.2. The Labute approximate surface area is 125 Å². The van der Waals surface area contributed by atoms with Gasteiger partial charge >= 0.3 is 0 Å². The number of nitrogens with one attached hydrogen (secondary N) is 1. The van der Waals surface area contributed by atoms with E-state index in [-0.39, 0.29) is 18.4 Å². The van der Waals surface area contributed by atoms with E-state index < -0.39 is 15.6 Å². The molecule has 2 N–H and O–H groups in total. The van der Waals surface area contributed by atoms with Crippen LogP contribution in [0.25, 0.3) is 0 Å². The summed E-state index contributed by atoms with van der Waals surface area (Å²) < 4.78 is 24.2. The minimum absolute atomic E-state index is 0.0977. The molecule has 0 aromatic carbocycles. The number of amides is 1. The standard InChI is InChI=1S/C12H24N2O4S2/c1-12(16,9-19-2)8-13-11(15)10-4-6-14(7-5-10)20(3,17)18/h10,16H,4-9H2,1-3H3,(H,13,15). The highest BCUT2D eigenvalue weighted by Crippen LogP contribution is 2.19. The van der Waals surface area contributed by atoms with Crippen LogP contribution in [0.5, 0.6) is 0 Å². The summed E-state index contributed by atoms with van der Waals surface area (Å²) in [5, 5.41) is 12.7. The SMILES string of the molecule is CSCC(C)(O)CNC(=O)C1CCN(S(C)(=O)=O)CC1. The van der Waals surface area contributed by atoms with Crippen molar-refractivity contribution in [2.24, 2.45) is 5.92 Å². The fraction of sp³-hybridized carbons (Fsp3) is 0.917. The molecule has 0 saturated carbocycles. The molecule has 8 heteroatoms. The van der Waals surface area contributed by atoms with Gasteiger partial charge in [-0.1, -0.05) is 0 Å². The molecule has 6 nitrogen and oxygen atoms in total. The van der Waals surface area contributed by atoms with Crippen molar-refractivity contribution in [3.8, 4) is 0 Å². The smallest absolute Gasteiger partial charge is 0.223 e. The molecule has 1 aliphatic heterocycles. The van der Waals surface area contributed by atoms with Gasteiger partial charge in [-0.25, -0.2) is 12.7 Å². The lowest BCUT2D eigenvalue weighted by molar-refractivity contribution is -0.127. The van der Waals surface area contributed by atoms with Gasteiger partial charge in [-0.2, -0.15) is 11.8 Å². The molecule has 1 unspecified atom stereocenters. The van der Waals surface area contributed by atoms with Crippen LogP contribution in [-0.4, -0.2) is 67.2 Å². The minimum atomic E-state index is -3.16. The molecule has 1 aliphatic rings. The van der Waals surface area contributed by atoms with Crippen LogP contribution in [0.15, 0.2) is 0 Å². The lowest BCUT2D eigenvalue weighted by Gasteiger charge is -2.30. The summed E-state index contributed by atoms with van der Waals surface area (Å²) in [7, 11) is -3.16. The van der Waals surface area contributed by atoms with Crippen LogP contribution in [0.2, 0.25) is 0 Å². The van der Waals surface area contributed by atoms with Gasteiger partial charge in [-0.15, -0.1) is 0 Å². The van der Waals surface area contributed by atoms with Gasteiger partial charge in [-0.05, 0) is 26.0 Å². The molecule has 1 fully saturated rings. The van der Waals surface area contributed by atoms with E-state index in [0.717, 1.165) is 0 Å². The molecule has 1 atom stereocenters. The lowest BCUT2D eigenvalue weighted by Crippen LogP contribution is -2.47. The Morgan fingerprint density at radius 1 is 1.45 bits per heavy atom. The lowest BCUT2D eigenvalue weighted by atomic mass is 9.97. The van der Waals surface area contributed by atoms with E-state index in [2.05, 4.69) is 5.32 Å². The maximum Gasteiger partial charge on any atom is 0.223 e. The van der Waals surface area contributed by atoms with E-state index in [1.165, 1.54) is 22.3 Å². The fourth-order valence-electron chi connectivity index (χ4n) is 2.23. The zero-order valence-electron chi connectivity index (χ0n) is 12.3. The average molecular weight is 324 g/mol. The monoisotopic (exact) mass is 324 g/mol. The van der Waals surface area contributed by atoms with Crippen LogP contribution < -0.4 is 5.32 Å². The molecular formula is C12H24N2O4S2. The van der Waals surface area contributed by atoms with Crippen molar-refractivity contribution in [2.75, 3.05) is 37.9 Å². The summed E-state index contributed by atoms with van der Waals surface area (Å²) in [5.74, 6) is 0.289. The molecule has 0 aliphatic carbocycles. The summed E-state index contributed by atoms with van der Waals surface area (Å²) in [6.07, 6.45) is 4.15. The van der Waals surface area contributed by atoms with E-state index in [0.29, 0.717) is 31.7 Å². The van der Waals surface area contributed by atoms with Gasteiger partial charge in [0.15, 0.2) is 0 Å². The number of nitrogens with zero attached hydrogens (tertiary/aromatic N) is 1. The molecular weight excluding hydrogens is 300 g/mol. The molecule has 1 amide bonds. The van der Waals surface area contributed by atoms with Crippen molar-refractivity contribution >= 4 is 27.7 Å². The molecule has 0 radical (unpaired) electrons. The quantitative estimate of drug-likeness (QED) is 0.712. The zero-order chi connectivity index (χ0) is 15.4. The van der Waals surface area contributed by atoms with Gasteiger partial charge in [0.2, 0.25) is 15.9 Å². The summed E-state index contributed by atoms with van der Waals surface area (Å²) in [6, 6.07) is 0. The van der Waals surface area contributed by atoms with Crippen molar-refractivity contribution in [2.45, 2.75) is 25.4 Å². The fourth-order valence-corrected chi connectivity index (χ4v) is 3.83. The number of thioether (sulfide) groups is 1. The van der Waals surface area contributed by atoms with E-state index in [9.17, 15) is 18.3 Å². The number of carbonyl (C=O) groups is 1. The number of piperidine rings is 1. The number of carbonyl (C=O) groups excluding carboxylic acids is 1. The number of hydrogen-bond acceptors (Lipinski definition) is 5. The van der Waals surface area contributed by atoms with Crippen LogP contribution in [0.1, 0.15) is 19.8 Å². The zero-order valence-corrected chi connectivity index (χ0v) is 13.9. The van der Waals surface area contributed by atoms with E-state index in [4.69, 9.17) is 0 Å². The Balaban J connectivity index is 2.40. The Hall–Kier alpha value is -0.310. The maximum atomic E-state index is 12.0. The van der Waals surface area contributed by atoms with Crippen molar-refractivity contribution in [3.63, 3.8) is 0 Å². The first-order valence-electron chi connectivity index (χ1n) is 6.60. The first-order valence-corrected chi connectivity index (χ1v) is 9.84. The predicted octanol–water partition coefficient (Wildman–Crippen LogP) is -0.112. The first kappa shape index (κ1) is 17.7. The van der Waals surface area contributed by atoms with Gasteiger partial charge < -0.3 is 10.4 Å². The van der Waals surface area contributed by atoms with Gasteiger partial charge in [0, 0.05) is 31.3 Å². The second-order valence-electron chi connectivity index (χ2n) is 5.58. The van der Waals surface area contributed by atoms with Crippen molar-refractivity contribution in [3.05, 3.63) is 0 Å². The Morgan fingerprint density at radius 2 is 2.00 bits per heavy atom. The second-order valence-corrected chi connectivity index (χ2v) is 8.43. The summed E-state index contributed by atoms with van der Waals surface area (Å²) in [4.78, 5) is 12.0. The molecule has 20 heavy (non-hydrogen) atoms. The van der Waals surface area contributed by atoms with Crippen molar-refractivity contribution in [1.82, 2.24) is 9.62 Å². The largest absolute Gasteiger partial charge is 0.387 e. The highest BCUT2D eigenvalue weighted by molar-refractivity contribution is 7.98. The van der Waals surface area contributed by atoms with Crippen molar-refractivity contribution < 1.29 is 18.3 Å². The summed E-state index contributed by atoms with van der Waals surface area (Å²) >= 11 is 1.52. The normalized spacial score (nSPS) is 21.4. The van der Waals surface area contributed by atoms with E-state index in [1.807, 2.05) is 6.26 Å². The number of hydrogen-bond donors (Lipinski definition) is 2. The third kappa shape index (κ3) is 5.59. The summed E-state index contributed by atoms with van der Waals surface area (Å²) in [5.41, 5.74) is -0.914. The molecule has 0 aromatic heterocycles. The third-order valence-electron chi connectivity index (χ3n) is 3.39. The van der Waals surface area contributed by atoms with Crippen LogP contribution in [0, 0.1) is 5.92 Å². The average Bonchev–Trinajstić information content (AvgIpc) is 2.35.